The molecule has 0 aliphatic carbocycles. The van der Waals surface area contributed by atoms with E-state index in [4.69, 9.17) is 14.2 Å². The van der Waals surface area contributed by atoms with Crippen LogP contribution in [0.25, 0.3) is 0 Å². The zero-order valence-electron chi connectivity index (χ0n) is 19.7. The Kier molecular flexibility index (Phi) is 8.15. The Labute approximate surface area is 203 Å². The molecule has 1 unspecified atom stereocenters. The Morgan fingerprint density at radius 1 is 1.09 bits per heavy atom. The van der Waals surface area contributed by atoms with Crippen molar-refractivity contribution in [2.75, 3.05) is 31.8 Å². The molecule has 0 saturated carbocycles. The first-order valence-electron chi connectivity index (χ1n) is 11.7. The fourth-order valence-corrected chi connectivity index (χ4v) is 3.94. The number of hydrogen-bond acceptors (Lipinski definition) is 7. The molecule has 1 saturated heterocycles. The van der Waals surface area contributed by atoms with E-state index in [1.165, 1.54) is 4.90 Å². The molecule has 0 bridgehead atoms. The molecule has 35 heavy (non-hydrogen) atoms. The largest absolute Gasteiger partial charge is 0.454 e. The first kappa shape index (κ1) is 24.5. The molecule has 4 rings (SSSR count). The van der Waals surface area contributed by atoms with Crippen molar-refractivity contribution in [3.8, 4) is 11.5 Å². The molecule has 10 heteroatoms. The van der Waals surface area contributed by atoms with Gasteiger partial charge in [-0.3, -0.25) is 14.4 Å². The predicted molar refractivity (Wildman–Crippen MR) is 127 cm³/mol. The summed E-state index contributed by atoms with van der Waals surface area (Å²) in [6, 6.07) is 8.98. The molecule has 0 spiro atoms. The number of fused-ring (bicyclic) bond motifs is 1. The number of ether oxygens (including phenoxy) is 3. The van der Waals surface area contributed by atoms with E-state index < -0.39 is 0 Å². The van der Waals surface area contributed by atoms with E-state index >= 15 is 0 Å². The van der Waals surface area contributed by atoms with Gasteiger partial charge in [-0.2, -0.15) is 0 Å². The van der Waals surface area contributed by atoms with E-state index in [0.717, 1.165) is 24.0 Å². The maximum Gasteiger partial charge on any atom is 0.239 e. The first-order valence-corrected chi connectivity index (χ1v) is 11.7. The van der Waals surface area contributed by atoms with Gasteiger partial charge in [-0.15, -0.1) is 0 Å². The lowest BCUT2D eigenvalue weighted by Gasteiger charge is -2.23. The summed E-state index contributed by atoms with van der Waals surface area (Å²) in [4.78, 5) is 43.6. The van der Waals surface area contributed by atoms with Gasteiger partial charge in [-0.25, -0.2) is 4.98 Å². The third kappa shape index (κ3) is 7.16. The van der Waals surface area contributed by atoms with E-state index in [9.17, 15) is 14.4 Å². The SMILES string of the molecule is Cc1ccnc(NC(=O)CCC(=O)N(CC(=O)NCC2CCCO2)Cc2ccc3c(c2)OCO3)c1. The van der Waals surface area contributed by atoms with Crippen LogP contribution in [-0.4, -0.2) is 60.2 Å². The van der Waals surface area contributed by atoms with E-state index in [2.05, 4.69) is 15.6 Å². The molecule has 2 N–H and O–H groups in total. The third-order valence-electron chi connectivity index (χ3n) is 5.80. The molecule has 10 nitrogen and oxygen atoms in total. The van der Waals surface area contributed by atoms with Gasteiger partial charge in [0.15, 0.2) is 11.5 Å². The molecule has 1 aromatic heterocycles. The number of benzene rings is 1. The molecule has 2 aliphatic heterocycles. The van der Waals surface area contributed by atoms with Crippen LogP contribution in [0.3, 0.4) is 0 Å². The lowest BCUT2D eigenvalue weighted by atomic mass is 10.1. The number of aryl methyl sites for hydroxylation is 1. The Morgan fingerprint density at radius 3 is 2.74 bits per heavy atom. The van der Waals surface area contributed by atoms with Crippen LogP contribution in [-0.2, 0) is 25.7 Å². The molecule has 186 valence electrons. The van der Waals surface area contributed by atoms with Gasteiger partial charge >= 0.3 is 0 Å². The summed E-state index contributed by atoms with van der Waals surface area (Å²) in [6.45, 7) is 3.24. The smallest absolute Gasteiger partial charge is 0.239 e. The third-order valence-corrected chi connectivity index (χ3v) is 5.80. The Morgan fingerprint density at radius 2 is 1.94 bits per heavy atom. The van der Waals surface area contributed by atoms with E-state index in [1.54, 1.807) is 24.4 Å². The van der Waals surface area contributed by atoms with Crippen molar-refractivity contribution in [1.29, 1.82) is 0 Å². The van der Waals surface area contributed by atoms with Crippen LogP contribution >= 0.6 is 0 Å². The number of hydrogen-bond donors (Lipinski definition) is 2. The summed E-state index contributed by atoms with van der Waals surface area (Å²) in [5.41, 5.74) is 1.76. The van der Waals surface area contributed by atoms with Gasteiger partial charge < -0.3 is 29.7 Å². The summed E-state index contributed by atoms with van der Waals surface area (Å²) in [7, 11) is 0. The highest BCUT2D eigenvalue weighted by Gasteiger charge is 2.22. The average Bonchev–Trinajstić information content (AvgIpc) is 3.52. The highest BCUT2D eigenvalue weighted by molar-refractivity contribution is 5.93. The van der Waals surface area contributed by atoms with Gasteiger partial charge in [0, 0.05) is 38.7 Å². The number of carbonyl (C=O) groups is 3. The molecule has 3 heterocycles. The van der Waals surface area contributed by atoms with Gasteiger partial charge in [0.2, 0.25) is 24.5 Å². The van der Waals surface area contributed by atoms with Crippen LogP contribution < -0.4 is 20.1 Å². The van der Waals surface area contributed by atoms with Crippen LogP contribution in [0.1, 0.15) is 36.8 Å². The van der Waals surface area contributed by atoms with Gasteiger partial charge in [0.05, 0.1) is 12.6 Å². The molecule has 1 aromatic carbocycles. The average molecular weight is 483 g/mol. The minimum absolute atomic E-state index is 0.0101. The molecule has 3 amide bonds. The first-order chi connectivity index (χ1) is 17.0. The Hall–Kier alpha value is -3.66. The lowest BCUT2D eigenvalue weighted by Crippen LogP contribution is -2.42. The molecular weight excluding hydrogens is 452 g/mol. The second kappa shape index (κ2) is 11.7. The van der Waals surface area contributed by atoms with Crippen molar-refractivity contribution < 1.29 is 28.6 Å². The molecule has 2 aromatic rings. The second-order valence-electron chi connectivity index (χ2n) is 8.64. The zero-order chi connectivity index (χ0) is 24.6. The summed E-state index contributed by atoms with van der Waals surface area (Å²) in [5.74, 6) is 0.783. The normalized spacial score (nSPS) is 16.1. The number of amides is 3. The van der Waals surface area contributed by atoms with E-state index in [-0.39, 0.29) is 56.5 Å². The number of rotatable bonds is 10. The quantitative estimate of drug-likeness (QED) is 0.533. The van der Waals surface area contributed by atoms with Crippen molar-refractivity contribution in [3.63, 3.8) is 0 Å². The van der Waals surface area contributed by atoms with Crippen molar-refractivity contribution in [3.05, 3.63) is 47.7 Å². The highest BCUT2D eigenvalue weighted by Crippen LogP contribution is 2.32. The highest BCUT2D eigenvalue weighted by atomic mass is 16.7. The number of nitrogens with zero attached hydrogens (tertiary/aromatic N) is 2. The molecule has 2 aliphatic rings. The predicted octanol–water partition coefficient (Wildman–Crippen LogP) is 2.16. The number of nitrogens with one attached hydrogen (secondary N) is 2. The number of anilines is 1. The van der Waals surface area contributed by atoms with Crippen molar-refractivity contribution in [2.24, 2.45) is 0 Å². The Balaban J connectivity index is 1.35. The van der Waals surface area contributed by atoms with E-state index in [0.29, 0.717) is 30.5 Å². The molecule has 0 radical (unpaired) electrons. The second-order valence-corrected chi connectivity index (χ2v) is 8.64. The van der Waals surface area contributed by atoms with Crippen LogP contribution in [0.15, 0.2) is 36.5 Å². The van der Waals surface area contributed by atoms with Gasteiger partial charge in [0.25, 0.3) is 0 Å². The molecule has 1 atom stereocenters. The van der Waals surface area contributed by atoms with Crippen LogP contribution in [0.2, 0.25) is 0 Å². The fraction of sp³-hybridized carbons (Fsp3) is 0.440. The Bertz CT molecular complexity index is 1070. The minimum atomic E-state index is -0.317. The van der Waals surface area contributed by atoms with Crippen LogP contribution in [0.4, 0.5) is 5.82 Å². The van der Waals surface area contributed by atoms with Gasteiger partial charge in [-0.1, -0.05) is 6.07 Å². The van der Waals surface area contributed by atoms with Crippen LogP contribution in [0, 0.1) is 6.92 Å². The number of aromatic nitrogens is 1. The van der Waals surface area contributed by atoms with Crippen molar-refractivity contribution in [1.82, 2.24) is 15.2 Å². The van der Waals surface area contributed by atoms with Crippen molar-refractivity contribution in [2.45, 2.75) is 45.3 Å². The summed E-state index contributed by atoms with van der Waals surface area (Å²) < 4.78 is 16.3. The fourth-order valence-electron chi connectivity index (χ4n) is 3.94. The maximum atomic E-state index is 13.1. The summed E-state index contributed by atoms with van der Waals surface area (Å²) in [6.07, 6.45) is 3.44. The van der Waals surface area contributed by atoms with Gasteiger partial charge in [0.1, 0.15) is 5.82 Å². The molecule has 1 fully saturated rings. The summed E-state index contributed by atoms with van der Waals surface area (Å²) in [5, 5.41) is 5.55. The molecular formula is C25H30N4O6. The van der Waals surface area contributed by atoms with Crippen molar-refractivity contribution >= 4 is 23.5 Å². The zero-order valence-corrected chi connectivity index (χ0v) is 19.7. The van der Waals surface area contributed by atoms with Gasteiger partial charge in [-0.05, 0) is 55.2 Å². The maximum absolute atomic E-state index is 13.1. The standard InChI is InChI=1S/C25H30N4O6/c1-17-8-9-26-22(11-17)28-23(30)6-7-25(32)29(15-24(31)27-13-19-3-2-10-33-19)14-18-4-5-20-21(12-18)35-16-34-20/h4-5,8-9,11-12,19H,2-3,6-7,10,13-16H2,1H3,(H,27,31)(H,26,28,30). The monoisotopic (exact) mass is 482 g/mol. The van der Waals surface area contributed by atoms with Crippen LogP contribution in [0.5, 0.6) is 11.5 Å². The minimum Gasteiger partial charge on any atom is -0.454 e. The van der Waals surface area contributed by atoms with E-state index in [1.807, 2.05) is 19.1 Å². The summed E-state index contributed by atoms with van der Waals surface area (Å²) >= 11 is 0. The lowest BCUT2D eigenvalue weighted by molar-refractivity contribution is -0.137. The topological polar surface area (TPSA) is 119 Å². The number of carbonyl (C=O) groups excluding carboxylic acids is 3. The number of pyridine rings is 1.